The van der Waals surface area contributed by atoms with Crippen LogP contribution in [0.1, 0.15) is 16.1 Å². The van der Waals surface area contributed by atoms with Crippen LogP contribution in [0.25, 0.3) is 10.7 Å². The van der Waals surface area contributed by atoms with Crippen molar-refractivity contribution in [1.29, 1.82) is 0 Å². The lowest BCUT2D eigenvalue weighted by molar-refractivity contribution is 0.102. The van der Waals surface area contributed by atoms with Crippen LogP contribution < -0.4 is 10.1 Å². The molecule has 0 unspecified atom stereocenters. The number of amides is 1. The summed E-state index contributed by atoms with van der Waals surface area (Å²) >= 11 is 1.39. The molecule has 0 bridgehead atoms. The van der Waals surface area contributed by atoms with Crippen molar-refractivity contribution < 1.29 is 9.53 Å². The average molecular weight is 388 g/mol. The molecule has 1 N–H and O–H groups in total. The van der Waals surface area contributed by atoms with Gasteiger partial charge in [-0.25, -0.2) is 4.98 Å². The van der Waals surface area contributed by atoms with Crippen LogP contribution in [0.2, 0.25) is 0 Å². The smallest absolute Gasteiger partial charge is 0.275 e. The molecule has 0 fully saturated rings. The molecular weight excluding hydrogens is 372 g/mol. The standard InChI is InChI=1S/C21H16N4O2S/c1-14-12-15(5-6-19(14)27-16-7-10-22-11-8-16)24-20(26)18-13-28-21(25-18)17-4-2-3-9-23-17/h2-13H,1H3,(H,24,26). The fraction of sp³-hybridized carbons (Fsp3) is 0.0476. The van der Waals surface area contributed by atoms with Crippen molar-refractivity contribution in [3.63, 3.8) is 0 Å². The van der Waals surface area contributed by atoms with Gasteiger partial charge in [0.1, 0.15) is 22.2 Å². The monoisotopic (exact) mass is 388 g/mol. The minimum Gasteiger partial charge on any atom is -0.457 e. The Kier molecular flexibility index (Phi) is 5.07. The van der Waals surface area contributed by atoms with Gasteiger partial charge < -0.3 is 10.1 Å². The average Bonchev–Trinajstić information content (AvgIpc) is 3.22. The Hall–Kier alpha value is -3.58. The Bertz CT molecular complexity index is 1100. The summed E-state index contributed by atoms with van der Waals surface area (Å²) in [5.41, 5.74) is 2.69. The maximum Gasteiger partial charge on any atom is 0.275 e. The predicted octanol–water partition coefficient (Wildman–Crippen LogP) is 4.95. The quantitative estimate of drug-likeness (QED) is 0.523. The van der Waals surface area contributed by atoms with Crippen LogP contribution >= 0.6 is 11.3 Å². The molecule has 4 rings (SSSR count). The van der Waals surface area contributed by atoms with E-state index in [4.69, 9.17) is 4.74 Å². The number of rotatable bonds is 5. The van der Waals surface area contributed by atoms with E-state index in [1.165, 1.54) is 11.3 Å². The molecule has 0 aliphatic rings. The second kappa shape index (κ2) is 7.98. The first kappa shape index (κ1) is 17.8. The number of carbonyl (C=O) groups excluding carboxylic acids is 1. The summed E-state index contributed by atoms with van der Waals surface area (Å²) < 4.78 is 5.84. The topological polar surface area (TPSA) is 77.0 Å². The van der Waals surface area contributed by atoms with Gasteiger partial charge in [-0.15, -0.1) is 11.3 Å². The molecule has 0 atom stereocenters. The summed E-state index contributed by atoms with van der Waals surface area (Å²) in [5.74, 6) is 1.16. The van der Waals surface area contributed by atoms with Crippen LogP contribution in [0.5, 0.6) is 11.5 Å². The molecule has 7 heteroatoms. The van der Waals surface area contributed by atoms with Crippen molar-refractivity contribution in [2.75, 3.05) is 5.32 Å². The third-order valence-corrected chi connectivity index (χ3v) is 4.80. The van der Waals surface area contributed by atoms with Crippen LogP contribution in [0.3, 0.4) is 0 Å². The zero-order valence-corrected chi connectivity index (χ0v) is 15.8. The van der Waals surface area contributed by atoms with Crippen LogP contribution in [-0.2, 0) is 0 Å². The zero-order chi connectivity index (χ0) is 19.3. The van der Waals surface area contributed by atoms with Crippen LogP contribution in [0, 0.1) is 6.92 Å². The molecule has 4 aromatic rings. The van der Waals surface area contributed by atoms with Crippen molar-refractivity contribution in [1.82, 2.24) is 15.0 Å². The molecule has 0 saturated heterocycles. The van der Waals surface area contributed by atoms with Crippen molar-refractivity contribution in [3.05, 3.63) is 83.8 Å². The van der Waals surface area contributed by atoms with E-state index in [0.29, 0.717) is 22.1 Å². The number of carbonyl (C=O) groups is 1. The van der Waals surface area contributed by atoms with E-state index in [9.17, 15) is 4.79 Å². The van der Waals surface area contributed by atoms with Gasteiger partial charge in [-0.3, -0.25) is 14.8 Å². The van der Waals surface area contributed by atoms with Gasteiger partial charge in [0.2, 0.25) is 0 Å². The van der Waals surface area contributed by atoms with E-state index in [1.54, 1.807) is 42.2 Å². The highest BCUT2D eigenvalue weighted by Crippen LogP contribution is 2.27. The molecule has 0 radical (unpaired) electrons. The number of aryl methyl sites for hydroxylation is 1. The molecule has 6 nitrogen and oxygen atoms in total. The SMILES string of the molecule is Cc1cc(NC(=O)c2csc(-c3ccccn3)n2)ccc1Oc1ccncc1. The minimum absolute atomic E-state index is 0.263. The summed E-state index contributed by atoms with van der Waals surface area (Å²) in [5, 5.41) is 5.31. The summed E-state index contributed by atoms with van der Waals surface area (Å²) in [7, 11) is 0. The number of anilines is 1. The fourth-order valence-electron chi connectivity index (χ4n) is 2.55. The first-order valence-corrected chi connectivity index (χ1v) is 9.44. The highest BCUT2D eigenvalue weighted by molar-refractivity contribution is 7.13. The number of nitrogens with zero attached hydrogens (tertiary/aromatic N) is 3. The summed E-state index contributed by atoms with van der Waals surface area (Å²) in [6, 6.07) is 14.7. The van der Waals surface area contributed by atoms with Gasteiger partial charge >= 0.3 is 0 Å². The lowest BCUT2D eigenvalue weighted by Crippen LogP contribution is -2.12. The second-order valence-corrected chi connectivity index (χ2v) is 6.83. The lowest BCUT2D eigenvalue weighted by Gasteiger charge is -2.10. The Morgan fingerprint density at radius 3 is 2.68 bits per heavy atom. The number of aromatic nitrogens is 3. The fourth-order valence-corrected chi connectivity index (χ4v) is 3.33. The zero-order valence-electron chi connectivity index (χ0n) is 15.0. The summed E-state index contributed by atoms with van der Waals surface area (Å²) in [6.45, 7) is 1.92. The number of nitrogens with one attached hydrogen (secondary N) is 1. The first-order chi connectivity index (χ1) is 13.7. The number of benzene rings is 1. The van der Waals surface area contributed by atoms with E-state index in [2.05, 4.69) is 20.3 Å². The van der Waals surface area contributed by atoms with Gasteiger partial charge in [-0.05, 0) is 55.0 Å². The maximum absolute atomic E-state index is 12.5. The molecule has 1 aromatic carbocycles. The molecule has 3 heterocycles. The highest BCUT2D eigenvalue weighted by Gasteiger charge is 2.13. The summed E-state index contributed by atoms with van der Waals surface area (Å²) in [6.07, 6.45) is 5.05. The maximum atomic E-state index is 12.5. The van der Waals surface area contributed by atoms with Crippen LogP contribution in [0.15, 0.2) is 72.5 Å². The Morgan fingerprint density at radius 2 is 1.93 bits per heavy atom. The van der Waals surface area contributed by atoms with Gasteiger partial charge in [-0.1, -0.05) is 6.07 Å². The number of thiazole rings is 1. The van der Waals surface area contributed by atoms with Crippen LogP contribution in [0.4, 0.5) is 5.69 Å². The van der Waals surface area contributed by atoms with Gasteiger partial charge in [0, 0.05) is 29.7 Å². The van der Waals surface area contributed by atoms with E-state index in [-0.39, 0.29) is 5.91 Å². The number of hydrogen-bond acceptors (Lipinski definition) is 6. The predicted molar refractivity (Wildman–Crippen MR) is 109 cm³/mol. The highest BCUT2D eigenvalue weighted by atomic mass is 32.1. The van der Waals surface area contributed by atoms with Crippen molar-refractivity contribution >= 4 is 22.9 Å². The Morgan fingerprint density at radius 1 is 1.07 bits per heavy atom. The third-order valence-electron chi connectivity index (χ3n) is 3.93. The van der Waals surface area contributed by atoms with Gasteiger partial charge in [-0.2, -0.15) is 0 Å². The Labute approximate surface area is 165 Å². The molecule has 0 spiro atoms. The first-order valence-electron chi connectivity index (χ1n) is 8.56. The lowest BCUT2D eigenvalue weighted by atomic mass is 10.2. The summed E-state index contributed by atoms with van der Waals surface area (Å²) in [4.78, 5) is 25.1. The minimum atomic E-state index is -0.263. The normalized spacial score (nSPS) is 10.5. The number of hydrogen-bond donors (Lipinski definition) is 1. The molecule has 0 aliphatic carbocycles. The second-order valence-electron chi connectivity index (χ2n) is 5.97. The molecule has 0 saturated carbocycles. The molecule has 138 valence electrons. The molecule has 3 aromatic heterocycles. The van der Waals surface area contributed by atoms with Gasteiger partial charge in [0.05, 0.1) is 5.69 Å². The van der Waals surface area contributed by atoms with Gasteiger partial charge in [0.25, 0.3) is 5.91 Å². The molecule has 28 heavy (non-hydrogen) atoms. The van der Waals surface area contributed by atoms with E-state index < -0.39 is 0 Å². The van der Waals surface area contributed by atoms with Crippen LogP contribution in [-0.4, -0.2) is 20.9 Å². The molecular formula is C21H16N4O2S. The van der Waals surface area contributed by atoms with Crippen molar-refractivity contribution in [3.8, 4) is 22.2 Å². The van der Waals surface area contributed by atoms with E-state index in [0.717, 1.165) is 17.0 Å². The van der Waals surface area contributed by atoms with Crippen molar-refractivity contribution in [2.24, 2.45) is 0 Å². The number of pyridine rings is 2. The van der Waals surface area contributed by atoms with Crippen molar-refractivity contribution in [2.45, 2.75) is 6.92 Å². The Balaban J connectivity index is 1.46. The van der Waals surface area contributed by atoms with Gasteiger partial charge in [0.15, 0.2) is 0 Å². The third kappa shape index (κ3) is 4.05. The molecule has 1 amide bonds. The number of ether oxygens (including phenoxy) is 1. The van der Waals surface area contributed by atoms with E-state index >= 15 is 0 Å². The largest absolute Gasteiger partial charge is 0.457 e. The molecule has 0 aliphatic heterocycles. The van der Waals surface area contributed by atoms with E-state index in [1.807, 2.05) is 37.3 Å².